The van der Waals surface area contributed by atoms with E-state index in [1.807, 2.05) is 60.5 Å². The van der Waals surface area contributed by atoms with Gasteiger partial charge < -0.3 is 15.0 Å². The van der Waals surface area contributed by atoms with E-state index < -0.39 is 6.10 Å². The third-order valence-electron chi connectivity index (χ3n) is 5.14. The molecular formula is C22H29ClN2O2. The number of piperidine rings is 1. The Kier molecular flexibility index (Phi) is 8.14. The van der Waals surface area contributed by atoms with Crippen molar-refractivity contribution in [3.8, 4) is 5.75 Å². The highest BCUT2D eigenvalue weighted by atomic mass is 35.5. The van der Waals surface area contributed by atoms with Gasteiger partial charge in [-0.25, -0.2) is 0 Å². The summed E-state index contributed by atoms with van der Waals surface area (Å²) in [6.45, 7) is 3.64. The third-order valence-corrected chi connectivity index (χ3v) is 5.14. The van der Waals surface area contributed by atoms with Crippen LogP contribution in [0.5, 0.6) is 5.75 Å². The number of aryl methyl sites for hydroxylation is 1. The third kappa shape index (κ3) is 5.24. The van der Waals surface area contributed by atoms with Gasteiger partial charge in [0.1, 0.15) is 5.75 Å². The Morgan fingerprint density at radius 3 is 2.37 bits per heavy atom. The lowest BCUT2D eigenvalue weighted by atomic mass is 10.0. The monoisotopic (exact) mass is 388 g/mol. The van der Waals surface area contributed by atoms with Gasteiger partial charge in [0.05, 0.1) is 0 Å². The van der Waals surface area contributed by atoms with E-state index in [0.29, 0.717) is 6.04 Å². The van der Waals surface area contributed by atoms with E-state index >= 15 is 0 Å². The van der Waals surface area contributed by atoms with Crippen LogP contribution in [0.25, 0.3) is 0 Å². The summed E-state index contributed by atoms with van der Waals surface area (Å²) in [5, 5.41) is 3.31. The van der Waals surface area contributed by atoms with Crippen LogP contribution in [0.1, 0.15) is 37.0 Å². The summed E-state index contributed by atoms with van der Waals surface area (Å²) in [5.41, 5.74) is 2.02. The Morgan fingerprint density at radius 2 is 1.74 bits per heavy atom. The van der Waals surface area contributed by atoms with Crippen molar-refractivity contribution in [3.63, 3.8) is 0 Å². The fourth-order valence-corrected chi connectivity index (χ4v) is 3.48. The molecule has 5 heteroatoms. The molecule has 2 aromatic carbocycles. The Bertz CT molecular complexity index is 715. The molecule has 1 heterocycles. The quantitative estimate of drug-likeness (QED) is 0.813. The van der Waals surface area contributed by atoms with Gasteiger partial charge in [-0.05, 0) is 37.9 Å². The molecule has 1 saturated heterocycles. The summed E-state index contributed by atoms with van der Waals surface area (Å²) >= 11 is 0. The van der Waals surface area contributed by atoms with Gasteiger partial charge in [0.15, 0.2) is 0 Å². The van der Waals surface area contributed by atoms with Crippen LogP contribution in [-0.4, -0.2) is 37.0 Å². The molecule has 146 valence electrons. The van der Waals surface area contributed by atoms with Crippen LogP contribution in [0.3, 0.4) is 0 Å². The predicted molar refractivity (Wildman–Crippen MR) is 112 cm³/mol. The molecule has 0 radical (unpaired) electrons. The first-order chi connectivity index (χ1) is 12.7. The number of carbonyl (C=O) groups excluding carboxylic acids is 1. The fraction of sp³-hybridized carbons (Fsp3) is 0.409. The molecule has 1 unspecified atom stereocenters. The maximum absolute atomic E-state index is 13.3. The molecule has 0 saturated carbocycles. The van der Waals surface area contributed by atoms with E-state index in [9.17, 15) is 4.79 Å². The molecule has 4 nitrogen and oxygen atoms in total. The number of likely N-dealkylation sites (tertiary alicyclic amines) is 1. The minimum atomic E-state index is -0.602. The second-order valence-electron chi connectivity index (χ2n) is 6.76. The van der Waals surface area contributed by atoms with Crippen molar-refractivity contribution >= 4 is 18.3 Å². The molecule has 0 aromatic heterocycles. The van der Waals surface area contributed by atoms with Crippen LogP contribution >= 0.6 is 12.4 Å². The number of amides is 1. The fourth-order valence-electron chi connectivity index (χ4n) is 3.48. The topological polar surface area (TPSA) is 41.6 Å². The molecule has 1 N–H and O–H groups in total. The molecule has 1 aliphatic heterocycles. The van der Waals surface area contributed by atoms with Crippen molar-refractivity contribution in [2.75, 3.05) is 20.1 Å². The van der Waals surface area contributed by atoms with Crippen molar-refractivity contribution in [1.29, 1.82) is 0 Å². The molecule has 1 aliphatic rings. The zero-order valence-corrected chi connectivity index (χ0v) is 16.9. The van der Waals surface area contributed by atoms with Gasteiger partial charge in [0, 0.05) is 24.7 Å². The van der Waals surface area contributed by atoms with Crippen molar-refractivity contribution < 1.29 is 9.53 Å². The smallest absolute Gasteiger partial charge is 0.268 e. The maximum Gasteiger partial charge on any atom is 0.268 e. The Hall–Kier alpha value is -2.04. The number of nitrogens with one attached hydrogen (secondary N) is 1. The zero-order valence-electron chi connectivity index (χ0n) is 16.1. The van der Waals surface area contributed by atoms with Crippen LogP contribution in [0, 0.1) is 0 Å². The van der Waals surface area contributed by atoms with E-state index in [0.717, 1.165) is 49.2 Å². The molecule has 1 amide bonds. The number of carbonyl (C=O) groups is 1. The minimum Gasteiger partial charge on any atom is -0.476 e. The van der Waals surface area contributed by atoms with Crippen molar-refractivity contribution in [3.05, 3.63) is 65.7 Å². The van der Waals surface area contributed by atoms with Crippen LogP contribution in [0.15, 0.2) is 54.6 Å². The average molecular weight is 389 g/mol. The van der Waals surface area contributed by atoms with Crippen LogP contribution in [-0.2, 0) is 11.2 Å². The number of hydrogen-bond acceptors (Lipinski definition) is 3. The summed E-state index contributed by atoms with van der Waals surface area (Å²) in [6, 6.07) is 18.3. The highest BCUT2D eigenvalue weighted by molar-refractivity contribution is 5.85. The first-order valence-corrected chi connectivity index (χ1v) is 9.48. The largest absolute Gasteiger partial charge is 0.476 e. The summed E-state index contributed by atoms with van der Waals surface area (Å²) in [4.78, 5) is 15.2. The summed E-state index contributed by atoms with van der Waals surface area (Å²) in [7, 11) is 1.99. The standard InChI is InChI=1S/C22H28N2O2.ClH/c1-3-17-9-7-8-12-20(17)26-21(18-10-5-4-6-11-18)22(25)24-15-13-19(23-2)14-16-24;/h4-12,19,21,23H,3,13-16H2,1-2H3;1H. The van der Waals surface area contributed by atoms with E-state index in [-0.39, 0.29) is 18.3 Å². The Labute approximate surface area is 168 Å². The summed E-state index contributed by atoms with van der Waals surface area (Å²) in [5.74, 6) is 0.846. The van der Waals surface area contributed by atoms with Crippen LogP contribution < -0.4 is 10.1 Å². The first kappa shape index (κ1) is 21.3. The SMILES string of the molecule is CCc1ccccc1OC(C(=O)N1CCC(NC)CC1)c1ccccc1.Cl. The molecule has 27 heavy (non-hydrogen) atoms. The highest BCUT2D eigenvalue weighted by Crippen LogP contribution is 2.28. The second-order valence-corrected chi connectivity index (χ2v) is 6.76. The zero-order chi connectivity index (χ0) is 18.4. The van der Waals surface area contributed by atoms with Gasteiger partial charge in [-0.2, -0.15) is 0 Å². The van der Waals surface area contributed by atoms with E-state index in [4.69, 9.17) is 4.74 Å². The molecule has 0 bridgehead atoms. The number of nitrogens with zero attached hydrogens (tertiary/aromatic N) is 1. The lowest BCUT2D eigenvalue weighted by Gasteiger charge is -2.34. The molecule has 3 rings (SSSR count). The summed E-state index contributed by atoms with van der Waals surface area (Å²) < 4.78 is 6.28. The van der Waals surface area contributed by atoms with Crippen molar-refractivity contribution in [1.82, 2.24) is 10.2 Å². The first-order valence-electron chi connectivity index (χ1n) is 9.48. The predicted octanol–water partition coefficient (Wildman–Crippen LogP) is 4.00. The number of ether oxygens (including phenoxy) is 1. The molecule has 1 atom stereocenters. The second kappa shape index (κ2) is 10.3. The number of para-hydroxylation sites is 1. The Balaban J connectivity index is 0.00000261. The lowest BCUT2D eigenvalue weighted by molar-refractivity contribution is -0.140. The van der Waals surface area contributed by atoms with Gasteiger partial charge >= 0.3 is 0 Å². The van der Waals surface area contributed by atoms with Gasteiger partial charge in [0.2, 0.25) is 6.10 Å². The summed E-state index contributed by atoms with van der Waals surface area (Å²) in [6.07, 6.45) is 2.24. The Morgan fingerprint density at radius 1 is 1.11 bits per heavy atom. The van der Waals surface area contributed by atoms with E-state index in [2.05, 4.69) is 18.3 Å². The van der Waals surface area contributed by atoms with Crippen LogP contribution in [0.4, 0.5) is 0 Å². The lowest BCUT2D eigenvalue weighted by Crippen LogP contribution is -2.46. The normalized spacial score (nSPS) is 15.7. The van der Waals surface area contributed by atoms with Gasteiger partial charge in [-0.3, -0.25) is 4.79 Å². The number of benzene rings is 2. The number of halogens is 1. The maximum atomic E-state index is 13.3. The number of hydrogen-bond donors (Lipinski definition) is 1. The number of rotatable bonds is 6. The van der Waals surface area contributed by atoms with Gasteiger partial charge in [-0.1, -0.05) is 55.5 Å². The van der Waals surface area contributed by atoms with E-state index in [1.165, 1.54) is 0 Å². The molecular weight excluding hydrogens is 360 g/mol. The molecule has 2 aromatic rings. The average Bonchev–Trinajstić information content (AvgIpc) is 2.72. The van der Waals surface area contributed by atoms with Gasteiger partial charge in [0.25, 0.3) is 5.91 Å². The van der Waals surface area contributed by atoms with E-state index in [1.54, 1.807) is 0 Å². The van der Waals surface area contributed by atoms with Crippen molar-refractivity contribution in [2.45, 2.75) is 38.3 Å². The molecule has 0 aliphatic carbocycles. The van der Waals surface area contributed by atoms with Gasteiger partial charge in [-0.15, -0.1) is 12.4 Å². The molecule has 1 fully saturated rings. The highest BCUT2D eigenvalue weighted by Gasteiger charge is 2.30. The van der Waals surface area contributed by atoms with Crippen LogP contribution in [0.2, 0.25) is 0 Å². The molecule has 0 spiro atoms. The van der Waals surface area contributed by atoms with Crippen molar-refractivity contribution in [2.24, 2.45) is 0 Å². The minimum absolute atomic E-state index is 0.